The van der Waals surface area contributed by atoms with Crippen LogP contribution in [-0.4, -0.2) is 149 Å². The van der Waals surface area contributed by atoms with Gasteiger partial charge >= 0.3 is 11.9 Å². The molecule has 2 aliphatic heterocycles. The highest BCUT2D eigenvalue weighted by molar-refractivity contribution is 5.87. The molecule has 0 aliphatic carbocycles. The Morgan fingerprint density at radius 3 is 1.76 bits per heavy atom. The summed E-state index contributed by atoms with van der Waals surface area (Å²) in [5, 5.41) is 29.1. The highest BCUT2D eigenvalue weighted by Crippen LogP contribution is 2.24. The van der Waals surface area contributed by atoms with Crippen LogP contribution in [0.25, 0.3) is 0 Å². The lowest BCUT2D eigenvalue weighted by Gasteiger charge is -2.40. The molecule has 41 heavy (non-hydrogen) atoms. The fourth-order valence-electron chi connectivity index (χ4n) is 4.93. The molecule has 0 aromatic rings. The number of nitrogens with one attached hydrogen (secondary N) is 1. The summed E-state index contributed by atoms with van der Waals surface area (Å²) in [6.07, 6.45) is 1.41. The molecule has 0 radical (unpaired) electrons. The second-order valence-corrected chi connectivity index (χ2v) is 9.41. The number of carbonyl (C=O) groups excluding carboxylic acids is 2. The number of Topliss-reactive ketones (excluding diaryl/α,β-unsaturated/α-hetero) is 1. The molecule has 0 spiro atoms. The number of amides is 1. The van der Waals surface area contributed by atoms with Gasteiger partial charge in [-0.05, 0) is 39.8 Å². The Bertz CT molecular complexity index is 775. The van der Waals surface area contributed by atoms with Crippen LogP contribution in [0.5, 0.6) is 0 Å². The fourth-order valence-corrected chi connectivity index (χ4v) is 4.93. The molecule has 13 heteroatoms. The smallest absolute Gasteiger partial charge is 0.320 e. The highest BCUT2D eigenvalue weighted by atomic mass is 16.4. The van der Waals surface area contributed by atoms with Crippen molar-refractivity contribution in [3.8, 4) is 0 Å². The third kappa shape index (κ3) is 14.7. The normalized spacial score (nSPS) is 18.7. The van der Waals surface area contributed by atoms with Crippen molar-refractivity contribution in [2.24, 2.45) is 0 Å². The number of nitrogens with zero attached hydrogens (tertiary/aromatic N) is 4. The van der Waals surface area contributed by atoms with Crippen molar-refractivity contribution < 1.29 is 39.3 Å². The Balaban J connectivity index is 0. The number of hydrogen-bond donors (Lipinski definition) is 4. The minimum Gasteiger partial charge on any atom is -0.483 e. The summed E-state index contributed by atoms with van der Waals surface area (Å²) in [5.74, 6) is -1.89. The lowest BCUT2D eigenvalue weighted by atomic mass is 9.84. The zero-order valence-electron chi connectivity index (χ0n) is 26.2. The van der Waals surface area contributed by atoms with E-state index >= 15 is 0 Å². The van der Waals surface area contributed by atoms with Crippen molar-refractivity contribution in [3.63, 3.8) is 0 Å². The van der Waals surface area contributed by atoms with Gasteiger partial charge in [0.25, 0.3) is 6.47 Å². The first-order valence-corrected chi connectivity index (χ1v) is 14.7. The predicted octanol–water partition coefficient (Wildman–Crippen LogP) is 1.17. The van der Waals surface area contributed by atoms with Gasteiger partial charge in [-0.1, -0.05) is 34.6 Å². The minimum atomic E-state index is -0.968. The molecular weight excluding hydrogens is 534 g/mol. The van der Waals surface area contributed by atoms with Gasteiger partial charge in [-0.3, -0.25) is 33.8 Å². The zero-order chi connectivity index (χ0) is 32.0. The molecule has 4 N–H and O–H groups in total. The monoisotopic (exact) mass is 589 g/mol. The van der Waals surface area contributed by atoms with Gasteiger partial charge in [0, 0.05) is 58.8 Å². The van der Waals surface area contributed by atoms with E-state index in [1.54, 1.807) is 18.9 Å². The molecule has 0 aromatic carbocycles. The van der Waals surface area contributed by atoms with E-state index in [4.69, 9.17) is 9.90 Å². The maximum absolute atomic E-state index is 12.9. The van der Waals surface area contributed by atoms with Crippen molar-refractivity contribution in [1.29, 1.82) is 0 Å². The highest BCUT2D eigenvalue weighted by Gasteiger charge is 2.38. The Labute approximate surface area is 245 Å². The molecule has 1 atom stereocenters. The molecule has 0 saturated carbocycles. The van der Waals surface area contributed by atoms with E-state index in [1.165, 1.54) is 0 Å². The van der Waals surface area contributed by atoms with Gasteiger partial charge in [0.15, 0.2) is 0 Å². The van der Waals surface area contributed by atoms with Crippen LogP contribution in [-0.2, 0) is 24.0 Å². The summed E-state index contributed by atoms with van der Waals surface area (Å²) >= 11 is 0. The first-order chi connectivity index (χ1) is 19.5. The van der Waals surface area contributed by atoms with E-state index in [0.29, 0.717) is 58.7 Å². The molecule has 0 bridgehead atoms. The largest absolute Gasteiger partial charge is 0.483 e. The predicted molar refractivity (Wildman–Crippen MR) is 158 cm³/mol. The average molecular weight is 590 g/mol. The Morgan fingerprint density at radius 2 is 1.34 bits per heavy atom. The maximum atomic E-state index is 12.9. The number of carboxylic acids is 2. The van der Waals surface area contributed by atoms with Gasteiger partial charge in [0.1, 0.15) is 11.8 Å². The molecule has 2 aliphatic rings. The number of likely N-dealkylation sites (tertiary alicyclic amines) is 1. The van der Waals surface area contributed by atoms with Crippen LogP contribution in [0.4, 0.5) is 0 Å². The maximum Gasteiger partial charge on any atom is 0.320 e. The van der Waals surface area contributed by atoms with Crippen LogP contribution in [0.2, 0.25) is 0 Å². The van der Waals surface area contributed by atoms with Crippen molar-refractivity contribution in [3.05, 3.63) is 0 Å². The standard InChI is InChI=1S/C23H41N5O6.2C2H6.CH2O2/c1-4-25-11-12-26(17-21(31)32)14-16-27(15-13-25)19(22(33)34)5-6-20(30)28-9-7-23(24-3,8-10-28)18(2)29;2*1-2;2-1-3/h19,24H,4-17H2,1-3H3,(H,31,32)(H,33,34);2*1-2H3;1H,(H,2,3). The fraction of sp³-hybridized carbons (Fsp3) is 0.821. The van der Waals surface area contributed by atoms with Crippen LogP contribution in [0.15, 0.2) is 0 Å². The van der Waals surface area contributed by atoms with Crippen molar-refractivity contribution in [2.75, 3.05) is 72.5 Å². The molecule has 2 fully saturated rings. The SMILES string of the molecule is CC.CC.CCN1CCN(CC(=O)O)CCN(C(CCC(=O)N2CCC(NC)(C(C)=O)CC2)C(=O)O)CC1.O=CO. The average Bonchev–Trinajstić information content (AvgIpc) is 3.06. The van der Waals surface area contributed by atoms with Gasteiger partial charge in [0.05, 0.1) is 12.1 Å². The van der Waals surface area contributed by atoms with Gasteiger partial charge in [-0.2, -0.15) is 0 Å². The van der Waals surface area contributed by atoms with E-state index in [9.17, 15) is 29.4 Å². The number of hydrogen-bond acceptors (Lipinski definition) is 9. The van der Waals surface area contributed by atoms with E-state index in [0.717, 1.165) is 13.1 Å². The first kappa shape index (κ1) is 40.5. The second-order valence-electron chi connectivity index (χ2n) is 9.41. The van der Waals surface area contributed by atoms with Crippen molar-refractivity contribution in [1.82, 2.24) is 24.9 Å². The summed E-state index contributed by atoms with van der Waals surface area (Å²) in [4.78, 5) is 64.2. The lowest BCUT2D eigenvalue weighted by molar-refractivity contribution is -0.145. The quantitative estimate of drug-likeness (QED) is 0.269. The third-order valence-corrected chi connectivity index (χ3v) is 7.43. The number of carboxylic acid groups (broad SMARTS) is 3. The molecule has 1 unspecified atom stereocenters. The Hall–Kier alpha value is -2.61. The van der Waals surface area contributed by atoms with E-state index < -0.39 is 23.5 Å². The van der Waals surface area contributed by atoms with Crippen molar-refractivity contribution in [2.45, 2.75) is 78.8 Å². The van der Waals surface area contributed by atoms with Gasteiger partial charge < -0.3 is 30.4 Å². The van der Waals surface area contributed by atoms with E-state index in [-0.39, 0.29) is 37.5 Å². The zero-order valence-corrected chi connectivity index (χ0v) is 26.2. The molecular formula is C28H55N5O8. The molecule has 2 heterocycles. The number of carbonyl (C=O) groups is 5. The lowest BCUT2D eigenvalue weighted by Crippen LogP contribution is -2.57. The molecule has 2 rings (SSSR count). The molecule has 2 saturated heterocycles. The molecule has 240 valence electrons. The van der Waals surface area contributed by atoms with E-state index in [2.05, 4.69) is 10.2 Å². The molecule has 13 nitrogen and oxygen atoms in total. The number of rotatable bonds is 10. The summed E-state index contributed by atoms with van der Waals surface area (Å²) < 4.78 is 0. The number of likely N-dealkylation sites (N-methyl/N-ethyl adjacent to an activating group) is 2. The summed E-state index contributed by atoms with van der Waals surface area (Å²) in [6, 6.07) is -0.814. The number of ketones is 1. The first-order valence-electron chi connectivity index (χ1n) is 14.7. The molecule has 1 amide bonds. The van der Waals surface area contributed by atoms with Gasteiger partial charge in [0.2, 0.25) is 5.91 Å². The number of aliphatic carboxylic acids is 2. The van der Waals surface area contributed by atoms with Crippen LogP contribution < -0.4 is 5.32 Å². The van der Waals surface area contributed by atoms with Crippen LogP contribution in [0.1, 0.15) is 67.2 Å². The summed E-state index contributed by atoms with van der Waals surface area (Å²) in [5.41, 5.74) is -0.587. The Morgan fingerprint density at radius 1 is 0.878 bits per heavy atom. The van der Waals surface area contributed by atoms with Crippen LogP contribution in [0, 0.1) is 0 Å². The van der Waals surface area contributed by atoms with Crippen molar-refractivity contribution >= 4 is 30.1 Å². The summed E-state index contributed by atoms with van der Waals surface area (Å²) in [7, 11) is 1.76. The Kier molecular flexibility index (Phi) is 22.7. The van der Waals surface area contributed by atoms with Gasteiger partial charge in [-0.15, -0.1) is 0 Å². The topological polar surface area (TPSA) is 171 Å². The molecule has 0 aromatic heterocycles. The van der Waals surface area contributed by atoms with E-state index in [1.807, 2.05) is 44.4 Å². The second kappa shape index (κ2) is 23.0. The number of piperidine rings is 1. The van der Waals surface area contributed by atoms with Crippen LogP contribution >= 0.6 is 0 Å². The third-order valence-electron chi connectivity index (χ3n) is 7.43. The minimum absolute atomic E-state index is 0.0686. The van der Waals surface area contributed by atoms with Gasteiger partial charge in [-0.25, -0.2) is 0 Å². The summed E-state index contributed by atoms with van der Waals surface area (Å²) in [6.45, 7) is 16.5. The van der Waals surface area contributed by atoms with Crippen LogP contribution in [0.3, 0.4) is 0 Å².